The Hall–Kier alpha value is -2.58. The lowest BCUT2D eigenvalue weighted by molar-refractivity contribution is -0.120. The van der Waals surface area contributed by atoms with Gasteiger partial charge in [-0.3, -0.25) is 4.79 Å². The summed E-state index contributed by atoms with van der Waals surface area (Å²) in [5.74, 6) is -0.440. The average molecular weight is 301 g/mol. The molecule has 0 aliphatic heterocycles. The van der Waals surface area contributed by atoms with Gasteiger partial charge in [0.25, 0.3) is 5.91 Å². The van der Waals surface area contributed by atoms with E-state index < -0.39 is 5.91 Å². The molecule has 5 nitrogen and oxygen atoms in total. The van der Waals surface area contributed by atoms with Crippen LogP contribution in [-0.2, 0) is 4.79 Å². The highest BCUT2D eigenvalue weighted by Crippen LogP contribution is 2.20. The van der Waals surface area contributed by atoms with Gasteiger partial charge in [0.2, 0.25) is 0 Å². The molecule has 2 rings (SSSR count). The minimum atomic E-state index is -0.440. The Morgan fingerprint density at radius 2 is 2.33 bits per heavy atom. The Balaban J connectivity index is 2.19. The first-order valence-corrected chi connectivity index (χ1v) is 6.62. The van der Waals surface area contributed by atoms with E-state index in [9.17, 15) is 4.79 Å². The van der Waals surface area contributed by atoms with Gasteiger partial charge >= 0.3 is 0 Å². The number of rotatable bonds is 4. The van der Waals surface area contributed by atoms with E-state index in [2.05, 4.69) is 10.5 Å². The van der Waals surface area contributed by atoms with Crippen LogP contribution in [0.2, 0.25) is 5.02 Å². The molecule has 1 N–H and O–H groups in total. The number of nitrogens with one attached hydrogen (secondary N) is 1. The van der Waals surface area contributed by atoms with Crippen molar-refractivity contribution in [1.82, 2.24) is 9.99 Å². The lowest BCUT2D eigenvalue weighted by atomic mass is 10.2. The Labute approximate surface area is 127 Å². The predicted molar refractivity (Wildman–Crippen MR) is 81.5 cm³/mol. The number of benzene rings is 1. The minimum Gasteiger partial charge on any atom is -0.316 e. The largest absolute Gasteiger partial charge is 0.316 e. The Bertz CT molecular complexity index is 728. The summed E-state index contributed by atoms with van der Waals surface area (Å²) in [7, 11) is 0. The van der Waals surface area contributed by atoms with Crippen LogP contribution < -0.4 is 5.43 Å². The average Bonchev–Trinajstić information content (AvgIpc) is 2.91. The highest BCUT2D eigenvalue weighted by atomic mass is 35.5. The second-order valence-corrected chi connectivity index (χ2v) is 4.77. The number of amides is 1. The van der Waals surface area contributed by atoms with Crippen LogP contribution in [0.5, 0.6) is 0 Å². The lowest BCUT2D eigenvalue weighted by Gasteiger charge is -2.08. The first-order valence-electron chi connectivity index (χ1n) is 6.24. The van der Waals surface area contributed by atoms with E-state index in [1.165, 1.54) is 6.21 Å². The topological polar surface area (TPSA) is 70.2 Å². The van der Waals surface area contributed by atoms with Gasteiger partial charge < -0.3 is 4.57 Å². The number of carbonyl (C=O) groups is 1. The second-order valence-electron chi connectivity index (χ2n) is 4.36. The quantitative estimate of drug-likeness (QED) is 0.696. The van der Waals surface area contributed by atoms with Gasteiger partial charge in [-0.2, -0.15) is 10.4 Å². The fourth-order valence-electron chi connectivity index (χ4n) is 1.75. The van der Waals surface area contributed by atoms with Gasteiger partial charge in [-0.1, -0.05) is 17.7 Å². The summed E-state index contributed by atoms with van der Waals surface area (Å²) in [6.45, 7) is 1.94. The lowest BCUT2D eigenvalue weighted by Crippen LogP contribution is -2.16. The van der Waals surface area contributed by atoms with E-state index in [0.717, 1.165) is 16.9 Å². The number of nitriles is 1. The number of nitrogens with zero attached hydrogens (tertiary/aromatic N) is 3. The van der Waals surface area contributed by atoms with Gasteiger partial charge in [-0.25, -0.2) is 5.43 Å². The SMILES string of the molecule is Cc1ccc(-n2cccc2/C=N\NC(=O)CC#N)cc1Cl. The van der Waals surface area contributed by atoms with Crippen LogP contribution in [0.3, 0.4) is 0 Å². The van der Waals surface area contributed by atoms with Gasteiger partial charge in [0, 0.05) is 16.9 Å². The van der Waals surface area contributed by atoms with Crippen LogP contribution in [0.25, 0.3) is 5.69 Å². The number of halogens is 1. The molecule has 0 spiro atoms. The zero-order valence-corrected chi connectivity index (χ0v) is 12.1. The van der Waals surface area contributed by atoms with Crippen LogP contribution in [-0.4, -0.2) is 16.7 Å². The summed E-state index contributed by atoms with van der Waals surface area (Å²) in [6, 6.07) is 11.2. The fourth-order valence-corrected chi connectivity index (χ4v) is 1.92. The Morgan fingerprint density at radius 1 is 1.52 bits per heavy atom. The van der Waals surface area contributed by atoms with Gasteiger partial charge in [-0.05, 0) is 36.8 Å². The molecule has 0 unspecified atom stereocenters. The van der Waals surface area contributed by atoms with Crippen LogP contribution in [0.4, 0.5) is 0 Å². The van der Waals surface area contributed by atoms with Crippen molar-refractivity contribution in [3.63, 3.8) is 0 Å². The van der Waals surface area contributed by atoms with Crippen molar-refractivity contribution in [3.8, 4) is 11.8 Å². The van der Waals surface area contributed by atoms with E-state index in [4.69, 9.17) is 16.9 Å². The Morgan fingerprint density at radius 3 is 3.05 bits per heavy atom. The monoisotopic (exact) mass is 300 g/mol. The molecular weight excluding hydrogens is 288 g/mol. The van der Waals surface area contributed by atoms with E-state index in [1.54, 1.807) is 6.07 Å². The molecule has 1 amide bonds. The molecule has 1 aromatic heterocycles. The summed E-state index contributed by atoms with van der Waals surface area (Å²) in [4.78, 5) is 11.1. The molecule has 0 atom stereocenters. The van der Waals surface area contributed by atoms with Crippen molar-refractivity contribution in [1.29, 1.82) is 5.26 Å². The van der Waals surface area contributed by atoms with Gasteiger partial charge in [0.15, 0.2) is 0 Å². The van der Waals surface area contributed by atoms with E-state index >= 15 is 0 Å². The van der Waals surface area contributed by atoms with Gasteiger partial charge in [0.05, 0.1) is 18.0 Å². The van der Waals surface area contributed by atoms with Gasteiger partial charge in [0.1, 0.15) is 6.42 Å². The maximum Gasteiger partial charge on any atom is 0.254 e. The molecule has 6 heteroatoms. The predicted octanol–water partition coefficient (Wildman–Crippen LogP) is 2.80. The smallest absolute Gasteiger partial charge is 0.254 e. The maximum atomic E-state index is 11.1. The normalized spacial score (nSPS) is 10.5. The van der Waals surface area contributed by atoms with Crippen molar-refractivity contribution in [2.45, 2.75) is 13.3 Å². The third-order valence-electron chi connectivity index (χ3n) is 2.84. The molecule has 0 aliphatic rings. The second kappa shape index (κ2) is 6.73. The number of hydrogen-bond acceptors (Lipinski definition) is 3. The van der Waals surface area contributed by atoms with Crippen molar-refractivity contribution >= 4 is 23.7 Å². The van der Waals surface area contributed by atoms with E-state index in [-0.39, 0.29) is 6.42 Å². The first kappa shape index (κ1) is 14.8. The van der Waals surface area contributed by atoms with Crippen LogP contribution in [0.15, 0.2) is 41.6 Å². The number of aryl methyl sites for hydroxylation is 1. The molecule has 1 aromatic carbocycles. The summed E-state index contributed by atoms with van der Waals surface area (Å²) >= 11 is 6.13. The highest BCUT2D eigenvalue weighted by Gasteiger charge is 2.04. The number of hydrogen-bond donors (Lipinski definition) is 1. The molecule has 106 valence electrons. The molecule has 21 heavy (non-hydrogen) atoms. The van der Waals surface area contributed by atoms with Crippen LogP contribution >= 0.6 is 11.6 Å². The molecule has 0 fully saturated rings. The van der Waals surface area contributed by atoms with Crippen molar-refractivity contribution in [2.24, 2.45) is 5.10 Å². The van der Waals surface area contributed by atoms with Crippen molar-refractivity contribution in [3.05, 3.63) is 52.8 Å². The molecule has 0 aliphatic carbocycles. The third kappa shape index (κ3) is 3.71. The summed E-state index contributed by atoms with van der Waals surface area (Å²) in [5, 5.41) is 12.9. The molecule has 2 aromatic rings. The van der Waals surface area contributed by atoms with Crippen LogP contribution in [0, 0.1) is 18.3 Å². The summed E-state index contributed by atoms with van der Waals surface area (Å²) in [6.07, 6.45) is 3.18. The zero-order valence-electron chi connectivity index (χ0n) is 11.4. The zero-order chi connectivity index (χ0) is 15.2. The standard InChI is InChI=1S/C15H13ClN4O/c1-11-4-5-12(9-14(11)16)20-8-2-3-13(20)10-18-19-15(21)6-7-17/h2-5,8-10H,6H2,1H3,(H,19,21)/b18-10-. The van der Waals surface area contributed by atoms with E-state index in [0.29, 0.717) is 5.02 Å². The minimum absolute atomic E-state index is 0.216. The highest BCUT2D eigenvalue weighted by molar-refractivity contribution is 6.31. The first-order chi connectivity index (χ1) is 10.1. The number of aromatic nitrogens is 1. The molecule has 0 saturated carbocycles. The fraction of sp³-hybridized carbons (Fsp3) is 0.133. The molecule has 0 bridgehead atoms. The van der Waals surface area contributed by atoms with Crippen molar-refractivity contribution in [2.75, 3.05) is 0 Å². The van der Waals surface area contributed by atoms with E-state index in [1.807, 2.05) is 48.0 Å². The third-order valence-corrected chi connectivity index (χ3v) is 3.25. The molecule has 0 saturated heterocycles. The molecule has 0 radical (unpaired) electrons. The maximum absolute atomic E-state index is 11.1. The molecular formula is C15H13ClN4O. The van der Waals surface area contributed by atoms with Crippen LogP contribution in [0.1, 0.15) is 17.7 Å². The number of carbonyl (C=O) groups excluding carboxylic acids is 1. The van der Waals surface area contributed by atoms with Gasteiger partial charge in [-0.15, -0.1) is 0 Å². The Kier molecular flexibility index (Phi) is 4.75. The summed E-state index contributed by atoms with van der Waals surface area (Å²) < 4.78 is 1.89. The summed E-state index contributed by atoms with van der Waals surface area (Å²) in [5.41, 5.74) is 4.98. The number of hydrazone groups is 1. The molecule has 1 heterocycles. The van der Waals surface area contributed by atoms with Crippen molar-refractivity contribution < 1.29 is 4.79 Å².